The largest absolute Gasteiger partial charge is 0.490 e. The Hall–Kier alpha value is -3.62. The van der Waals surface area contributed by atoms with E-state index in [1.807, 2.05) is 0 Å². The number of hydrogen-bond donors (Lipinski definition) is 0. The van der Waals surface area contributed by atoms with Gasteiger partial charge in [-0.25, -0.2) is 23.1 Å². The summed E-state index contributed by atoms with van der Waals surface area (Å²) >= 11 is 0. The Morgan fingerprint density at radius 3 is 2.18 bits per heavy atom. The quantitative estimate of drug-likeness (QED) is 0.152. The van der Waals surface area contributed by atoms with Crippen LogP contribution in [0.4, 0.5) is 26.3 Å². The van der Waals surface area contributed by atoms with Crippen molar-refractivity contribution in [3.8, 4) is 17.1 Å². The molecule has 0 radical (unpaired) electrons. The normalized spacial score (nSPS) is 11.8. The molecule has 0 saturated heterocycles. The highest BCUT2D eigenvalue weighted by atomic mass is 19.4. The Kier molecular flexibility index (Phi) is 8.54. The second kappa shape index (κ2) is 11.8. The fourth-order valence-electron chi connectivity index (χ4n) is 4.25. The van der Waals surface area contributed by atoms with Crippen molar-refractivity contribution in [1.82, 2.24) is 9.97 Å². The van der Waals surface area contributed by atoms with Gasteiger partial charge >= 0.3 is 6.18 Å². The number of ether oxygens (including phenoxy) is 1. The molecule has 3 aromatic carbocycles. The lowest BCUT2D eigenvalue weighted by Crippen LogP contribution is -2.12. The van der Waals surface area contributed by atoms with Crippen molar-refractivity contribution >= 4 is 10.8 Å². The average Bonchev–Trinajstić information content (AvgIpc) is 2.87. The van der Waals surface area contributed by atoms with Crippen LogP contribution in [0.5, 0.6) is 5.75 Å². The first-order valence-electron chi connectivity index (χ1n) is 12.4. The van der Waals surface area contributed by atoms with Gasteiger partial charge in [-0.15, -0.1) is 0 Å². The molecule has 200 valence electrons. The lowest BCUT2D eigenvalue weighted by Gasteiger charge is -2.12. The standard InChI is InChI=1S/C29H26F6N2O/c1-2-3-4-5-12-38-22-16-36-28(37-17-22)21-10-11-23-20(15-21)9-8-19(27(23)32)7-6-18-13-24(30)26(25(31)14-18)29(33,34)35/h8-11,13-17H,2-7,12H2,1H3. The minimum atomic E-state index is -5.13. The van der Waals surface area contributed by atoms with E-state index in [4.69, 9.17) is 4.74 Å². The lowest BCUT2D eigenvalue weighted by molar-refractivity contribution is -0.142. The minimum absolute atomic E-state index is 0.00776. The number of unbranched alkanes of at least 4 members (excludes halogenated alkanes) is 3. The van der Waals surface area contributed by atoms with Crippen LogP contribution in [0.3, 0.4) is 0 Å². The van der Waals surface area contributed by atoms with E-state index in [0.29, 0.717) is 46.6 Å². The number of halogens is 6. The topological polar surface area (TPSA) is 35.0 Å². The molecule has 38 heavy (non-hydrogen) atoms. The summed E-state index contributed by atoms with van der Waals surface area (Å²) in [6.07, 6.45) is 2.48. The van der Waals surface area contributed by atoms with E-state index in [1.54, 1.807) is 42.7 Å². The number of rotatable bonds is 10. The first-order chi connectivity index (χ1) is 18.2. The number of fused-ring (bicyclic) bond motifs is 1. The van der Waals surface area contributed by atoms with Crippen LogP contribution < -0.4 is 4.74 Å². The van der Waals surface area contributed by atoms with E-state index in [-0.39, 0.29) is 24.0 Å². The molecule has 0 atom stereocenters. The van der Waals surface area contributed by atoms with Crippen LogP contribution in [-0.4, -0.2) is 16.6 Å². The van der Waals surface area contributed by atoms with Gasteiger partial charge in [-0.2, -0.15) is 13.2 Å². The maximum absolute atomic E-state index is 15.2. The van der Waals surface area contributed by atoms with E-state index in [1.165, 1.54) is 6.42 Å². The molecule has 0 saturated carbocycles. The number of nitrogens with zero attached hydrogens (tertiary/aromatic N) is 2. The number of hydrogen-bond acceptors (Lipinski definition) is 3. The van der Waals surface area contributed by atoms with Crippen molar-refractivity contribution < 1.29 is 31.1 Å². The Morgan fingerprint density at radius 2 is 1.53 bits per heavy atom. The second-order valence-electron chi connectivity index (χ2n) is 9.06. The van der Waals surface area contributed by atoms with Crippen molar-refractivity contribution in [1.29, 1.82) is 0 Å². The third-order valence-corrected chi connectivity index (χ3v) is 6.26. The maximum Gasteiger partial charge on any atom is 0.422 e. The van der Waals surface area contributed by atoms with E-state index in [0.717, 1.165) is 19.3 Å². The number of alkyl halides is 3. The van der Waals surface area contributed by atoms with Gasteiger partial charge in [0.1, 0.15) is 23.0 Å². The van der Waals surface area contributed by atoms with Crippen LogP contribution in [0.2, 0.25) is 0 Å². The van der Waals surface area contributed by atoms with E-state index < -0.39 is 29.2 Å². The molecule has 0 aliphatic carbocycles. The molecule has 0 spiro atoms. The van der Waals surface area contributed by atoms with E-state index in [2.05, 4.69) is 16.9 Å². The zero-order valence-electron chi connectivity index (χ0n) is 20.7. The molecule has 0 fully saturated rings. The Labute approximate surface area is 216 Å². The van der Waals surface area contributed by atoms with Crippen LogP contribution in [0, 0.1) is 17.5 Å². The summed E-state index contributed by atoms with van der Waals surface area (Å²) in [6, 6.07) is 9.58. The van der Waals surface area contributed by atoms with Crippen LogP contribution in [0.15, 0.2) is 54.9 Å². The molecule has 0 aliphatic heterocycles. The molecule has 0 unspecified atom stereocenters. The van der Waals surface area contributed by atoms with Gasteiger partial charge in [-0.3, -0.25) is 0 Å². The molecule has 4 aromatic rings. The monoisotopic (exact) mass is 532 g/mol. The fraction of sp³-hybridized carbons (Fsp3) is 0.310. The Morgan fingerprint density at radius 1 is 0.816 bits per heavy atom. The molecule has 4 rings (SSSR count). The van der Waals surface area contributed by atoms with Crippen LogP contribution in [0.1, 0.15) is 49.3 Å². The predicted molar refractivity (Wildman–Crippen MR) is 133 cm³/mol. The second-order valence-corrected chi connectivity index (χ2v) is 9.06. The number of benzene rings is 3. The van der Waals surface area contributed by atoms with Gasteiger partial charge in [0.15, 0.2) is 11.6 Å². The molecule has 0 amide bonds. The summed E-state index contributed by atoms with van der Waals surface area (Å²) < 4.78 is 86.9. The minimum Gasteiger partial charge on any atom is -0.490 e. The lowest BCUT2D eigenvalue weighted by atomic mass is 9.98. The molecule has 1 heterocycles. The van der Waals surface area contributed by atoms with Crippen molar-refractivity contribution in [3.63, 3.8) is 0 Å². The molecule has 9 heteroatoms. The Balaban J connectivity index is 1.45. The fourth-order valence-corrected chi connectivity index (χ4v) is 4.25. The van der Waals surface area contributed by atoms with Gasteiger partial charge in [-0.05, 0) is 54.0 Å². The highest BCUT2D eigenvalue weighted by Crippen LogP contribution is 2.34. The van der Waals surface area contributed by atoms with Crippen molar-refractivity contribution in [2.45, 2.75) is 51.6 Å². The summed E-state index contributed by atoms with van der Waals surface area (Å²) in [5.41, 5.74) is -0.951. The molecule has 3 nitrogen and oxygen atoms in total. The first kappa shape index (κ1) is 27.4. The van der Waals surface area contributed by atoms with Crippen molar-refractivity contribution in [3.05, 3.63) is 89.0 Å². The summed E-state index contributed by atoms with van der Waals surface area (Å²) in [5, 5.41) is 0.943. The molecule has 0 N–H and O–H groups in total. The first-order valence-corrected chi connectivity index (χ1v) is 12.4. The van der Waals surface area contributed by atoms with E-state index in [9.17, 15) is 22.0 Å². The predicted octanol–water partition coefficient (Wildman–Crippen LogP) is 8.48. The van der Waals surface area contributed by atoms with Gasteiger partial charge in [0.25, 0.3) is 0 Å². The summed E-state index contributed by atoms with van der Waals surface area (Å²) in [6.45, 7) is 2.75. The van der Waals surface area contributed by atoms with E-state index >= 15 is 4.39 Å². The zero-order valence-corrected chi connectivity index (χ0v) is 20.7. The highest BCUT2D eigenvalue weighted by molar-refractivity contribution is 5.87. The van der Waals surface area contributed by atoms with Crippen molar-refractivity contribution in [2.75, 3.05) is 6.61 Å². The average molecular weight is 533 g/mol. The summed E-state index contributed by atoms with van der Waals surface area (Å²) in [5.74, 6) is -2.84. The molecule has 0 bridgehead atoms. The molecule has 1 aromatic heterocycles. The zero-order chi connectivity index (χ0) is 27.3. The maximum atomic E-state index is 15.2. The molecule has 0 aliphatic rings. The Bertz CT molecular complexity index is 1380. The van der Waals surface area contributed by atoms with Gasteiger partial charge < -0.3 is 4.74 Å². The van der Waals surface area contributed by atoms with Crippen LogP contribution >= 0.6 is 0 Å². The van der Waals surface area contributed by atoms with Crippen molar-refractivity contribution in [2.24, 2.45) is 0 Å². The van der Waals surface area contributed by atoms with Gasteiger partial charge in [0, 0.05) is 10.9 Å². The van der Waals surface area contributed by atoms with Crippen LogP contribution in [0.25, 0.3) is 22.2 Å². The van der Waals surface area contributed by atoms with Crippen LogP contribution in [-0.2, 0) is 19.0 Å². The van der Waals surface area contributed by atoms with Gasteiger partial charge in [0.05, 0.1) is 19.0 Å². The molecular formula is C29H26F6N2O. The summed E-state index contributed by atoms with van der Waals surface area (Å²) in [7, 11) is 0. The van der Waals surface area contributed by atoms with Gasteiger partial charge in [0.2, 0.25) is 0 Å². The SMILES string of the molecule is CCCCCCOc1cnc(-c2ccc3c(F)c(CCc4cc(F)c(C(F)(F)F)c(F)c4)ccc3c2)nc1. The summed E-state index contributed by atoms with van der Waals surface area (Å²) in [4.78, 5) is 8.70. The third kappa shape index (κ3) is 6.44. The smallest absolute Gasteiger partial charge is 0.422 e. The number of aromatic nitrogens is 2. The third-order valence-electron chi connectivity index (χ3n) is 6.26. The molecular weight excluding hydrogens is 506 g/mol. The van der Waals surface area contributed by atoms with Gasteiger partial charge in [-0.1, -0.05) is 50.5 Å². The number of aryl methyl sites for hydroxylation is 2. The highest BCUT2D eigenvalue weighted by Gasteiger charge is 2.37.